The van der Waals surface area contributed by atoms with E-state index in [9.17, 15) is 14.2 Å². The van der Waals surface area contributed by atoms with Gasteiger partial charge in [0.2, 0.25) is 5.78 Å². The van der Waals surface area contributed by atoms with Gasteiger partial charge in [-0.05, 0) is 12.1 Å². The van der Waals surface area contributed by atoms with E-state index in [4.69, 9.17) is 26.5 Å². The Hall–Kier alpha value is -1.47. The number of aliphatic carboxylic acids is 1. The third-order valence-corrected chi connectivity index (χ3v) is 3.17. The zero-order valence-corrected chi connectivity index (χ0v) is 10.3. The van der Waals surface area contributed by atoms with E-state index in [0.29, 0.717) is 0 Å². The van der Waals surface area contributed by atoms with Gasteiger partial charge in [-0.2, -0.15) is 0 Å². The van der Waals surface area contributed by atoms with Crippen molar-refractivity contribution >= 4 is 31.1 Å². The number of carboxylic acid groups (broad SMARTS) is 1. The highest BCUT2D eigenvalue weighted by atomic mass is 35.5. The summed E-state index contributed by atoms with van der Waals surface area (Å²) >= 11 is 5.58. The van der Waals surface area contributed by atoms with Gasteiger partial charge in [-0.15, -0.1) is 0 Å². The van der Waals surface area contributed by atoms with Crippen molar-refractivity contribution in [1.29, 1.82) is 0 Å². The van der Waals surface area contributed by atoms with Gasteiger partial charge in [-0.25, -0.2) is 9.78 Å². The number of nitrogens with one attached hydrogen (secondary N) is 1. The molecule has 1 heterocycles. The molecule has 0 aliphatic carbocycles. The third kappa shape index (κ3) is 3.51. The number of aromatic nitrogens is 1. The first-order chi connectivity index (χ1) is 8.23. The molecule has 0 radical (unpaired) electrons. The van der Waals surface area contributed by atoms with E-state index in [1.165, 1.54) is 18.3 Å². The fraction of sp³-hybridized carbons (Fsp3) is 0.125. The summed E-state index contributed by atoms with van der Waals surface area (Å²) in [4.78, 5) is 43.4. The lowest BCUT2D eigenvalue weighted by Crippen LogP contribution is -2.40. The SMILES string of the molecule is O=C(NC(C(=O)O)P(=O)(O)O)c1cccnc1Cl. The van der Waals surface area contributed by atoms with E-state index < -0.39 is 25.3 Å². The van der Waals surface area contributed by atoms with Crippen LogP contribution >= 0.6 is 19.2 Å². The zero-order chi connectivity index (χ0) is 13.9. The predicted octanol–water partition coefficient (Wildman–Crippen LogP) is 0.0532. The van der Waals surface area contributed by atoms with Crippen molar-refractivity contribution in [2.24, 2.45) is 0 Å². The van der Waals surface area contributed by atoms with Crippen molar-refractivity contribution in [3.05, 3.63) is 29.0 Å². The minimum Gasteiger partial charge on any atom is -0.479 e. The molecule has 1 rings (SSSR count). The molecule has 98 valence electrons. The summed E-state index contributed by atoms with van der Waals surface area (Å²) in [5.41, 5.74) is -0.182. The summed E-state index contributed by atoms with van der Waals surface area (Å²) in [6.07, 6.45) is 1.30. The Morgan fingerprint density at radius 1 is 1.44 bits per heavy atom. The molecule has 18 heavy (non-hydrogen) atoms. The lowest BCUT2D eigenvalue weighted by atomic mass is 10.2. The van der Waals surface area contributed by atoms with Crippen molar-refractivity contribution in [3.63, 3.8) is 0 Å². The first-order valence-electron chi connectivity index (χ1n) is 4.43. The summed E-state index contributed by atoms with van der Waals surface area (Å²) < 4.78 is 10.9. The van der Waals surface area contributed by atoms with Crippen LogP contribution in [0.25, 0.3) is 0 Å². The number of halogens is 1. The number of amides is 1. The van der Waals surface area contributed by atoms with E-state index in [-0.39, 0.29) is 10.7 Å². The standard InChI is InChI=1S/C8H8ClN2O6P/c9-5-4(2-1-3-10-5)6(12)11-7(8(13)14)18(15,16)17/h1-3,7H,(H,11,12)(H,13,14)(H2,15,16,17). The van der Waals surface area contributed by atoms with Crippen LogP contribution in [-0.4, -0.2) is 37.5 Å². The number of hydrogen-bond acceptors (Lipinski definition) is 4. The topological polar surface area (TPSA) is 137 Å². The van der Waals surface area contributed by atoms with E-state index >= 15 is 0 Å². The van der Waals surface area contributed by atoms with Crippen LogP contribution in [0.2, 0.25) is 5.15 Å². The Balaban J connectivity index is 2.97. The molecule has 1 aromatic heterocycles. The molecule has 0 spiro atoms. The van der Waals surface area contributed by atoms with Gasteiger partial charge in [0, 0.05) is 6.20 Å². The molecule has 0 aliphatic heterocycles. The average molecular weight is 295 g/mol. The van der Waals surface area contributed by atoms with Crippen LogP contribution in [0.1, 0.15) is 10.4 Å². The summed E-state index contributed by atoms with van der Waals surface area (Å²) in [6, 6.07) is 2.61. The van der Waals surface area contributed by atoms with Gasteiger partial charge in [0.25, 0.3) is 5.91 Å². The minimum absolute atomic E-state index is 0.182. The maximum atomic E-state index is 11.6. The van der Waals surface area contributed by atoms with Gasteiger partial charge < -0.3 is 20.2 Å². The van der Waals surface area contributed by atoms with Crippen molar-refractivity contribution in [3.8, 4) is 0 Å². The Labute approximate surface area is 106 Å². The second-order valence-corrected chi connectivity index (χ2v) is 5.20. The lowest BCUT2D eigenvalue weighted by Gasteiger charge is -2.15. The molecular weight excluding hydrogens is 287 g/mol. The van der Waals surface area contributed by atoms with Crippen LogP contribution in [0.5, 0.6) is 0 Å². The second-order valence-electron chi connectivity index (χ2n) is 3.15. The van der Waals surface area contributed by atoms with E-state index in [1.54, 1.807) is 5.32 Å². The van der Waals surface area contributed by atoms with E-state index in [1.807, 2.05) is 0 Å². The summed E-state index contributed by atoms with van der Waals surface area (Å²) in [6.45, 7) is 0. The second kappa shape index (κ2) is 5.45. The molecule has 1 atom stereocenters. The van der Waals surface area contributed by atoms with Crippen molar-refractivity contribution < 1.29 is 29.0 Å². The number of pyridine rings is 1. The van der Waals surface area contributed by atoms with Gasteiger partial charge in [0.1, 0.15) is 5.15 Å². The first kappa shape index (κ1) is 14.6. The molecule has 4 N–H and O–H groups in total. The Morgan fingerprint density at radius 3 is 2.50 bits per heavy atom. The molecule has 1 unspecified atom stereocenters. The molecular formula is C8H8ClN2O6P. The third-order valence-electron chi connectivity index (χ3n) is 1.84. The molecule has 0 aromatic carbocycles. The van der Waals surface area contributed by atoms with Crippen LogP contribution in [0.4, 0.5) is 0 Å². The highest BCUT2D eigenvalue weighted by Gasteiger charge is 2.37. The van der Waals surface area contributed by atoms with Gasteiger partial charge in [0.15, 0.2) is 0 Å². The number of carboxylic acids is 1. The van der Waals surface area contributed by atoms with Crippen LogP contribution < -0.4 is 5.32 Å². The van der Waals surface area contributed by atoms with Gasteiger partial charge in [-0.1, -0.05) is 11.6 Å². The molecule has 1 amide bonds. The van der Waals surface area contributed by atoms with Crippen LogP contribution in [0.3, 0.4) is 0 Å². The zero-order valence-electron chi connectivity index (χ0n) is 8.65. The van der Waals surface area contributed by atoms with Gasteiger partial charge in [-0.3, -0.25) is 9.36 Å². The van der Waals surface area contributed by atoms with E-state index in [2.05, 4.69) is 4.98 Å². The maximum Gasteiger partial charge on any atom is 0.359 e. The summed E-state index contributed by atoms with van der Waals surface area (Å²) in [7, 11) is -5.02. The molecule has 0 aliphatic rings. The summed E-state index contributed by atoms with van der Waals surface area (Å²) in [5, 5.41) is 10.1. The smallest absolute Gasteiger partial charge is 0.359 e. The Kier molecular flexibility index (Phi) is 4.42. The fourth-order valence-corrected chi connectivity index (χ4v) is 1.83. The number of carbonyl (C=O) groups excluding carboxylic acids is 1. The largest absolute Gasteiger partial charge is 0.479 e. The lowest BCUT2D eigenvalue weighted by molar-refractivity contribution is -0.137. The molecule has 0 fully saturated rings. The monoisotopic (exact) mass is 294 g/mol. The van der Waals surface area contributed by atoms with Crippen LogP contribution in [-0.2, 0) is 9.36 Å². The number of nitrogens with zero attached hydrogens (tertiary/aromatic N) is 1. The van der Waals surface area contributed by atoms with Crippen LogP contribution in [0, 0.1) is 0 Å². The Morgan fingerprint density at radius 2 is 2.06 bits per heavy atom. The quantitative estimate of drug-likeness (QED) is 0.455. The van der Waals surface area contributed by atoms with Crippen molar-refractivity contribution in [2.45, 2.75) is 5.78 Å². The van der Waals surface area contributed by atoms with Crippen molar-refractivity contribution in [2.75, 3.05) is 0 Å². The maximum absolute atomic E-state index is 11.6. The normalized spacial score (nSPS) is 12.8. The van der Waals surface area contributed by atoms with Gasteiger partial charge in [0.05, 0.1) is 5.56 Å². The van der Waals surface area contributed by atoms with E-state index in [0.717, 1.165) is 0 Å². The fourth-order valence-electron chi connectivity index (χ4n) is 1.05. The molecule has 8 nitrogen and oxygen atoms in total. The molecule has 0 bridgehead atoms. The van der Waals surface area contributed by atoms with Crippen LogP contribution in [0.15, 0.2) is 18.3 Å². The number of rotatable bonds is 4. The highest BCUT2D eigenvalue weighted by molar-refractivity contribution is 7.53. The van der Waals surface area contributed by atoms with Crippen molar-refractivity contribution in [1.82, 2.24) is 10.3 Å². The number of carbonyl (C=O) groups is 2. The van der Waals surface area contributed by atoms with Gasteiger partial charge >= 0.3 is 13.6 Å². The summed E-state index contributed by atoms with van der Waals surface area (Å²) in [5.74, 6) is -5.22. The molecule has 1 aromatic rings. The number of hydrogen-bond donors (Lipinski definition) is 4. The Bertz CT molecular complexity index is 530. The highest BCUT2D eigenvalue weighted by Crippen LogP contribution is 2.39. The first-order valence-corrected chi connectivity index (χ1v) is 6.49. The molecule has 0 saturated carbocycles. The average Bonchev–Trinajstić information content (AvgIpc) is 2.24. The minimum atomic E-state index is -5.02. The predicted molar refractivity (Wildman–Crippen MR) is 60.2 cm³/mol. The molecule has 0 saturated heterocycles. The molecule has 10 heteroatoms.